The molecule has 4 nitrogen and oxygen atoms in total. The third-order valence-corrected chi connectivity index (χ3v) is 6.28. The molecule has 0 N–H and O–H groups in total. The summed E-state index contributed by atoms with van der Waals surface area (Å²) in [6.07, 6.45) is 25.8. The van der Waals surface area contributed by atoms with Crippen molar-refractivity contribution >= 4 is 29.7 Å². The van der Waals surface area contributed by atoms with E-state index in [-0.39, 0.29) is 24.4 Å². The van der Waals surface area contributed by atoms with Gasteiger partial charge in [-0.25, -0.2) is 0 Å². The molecule has 0 aliphatic heterocycles. The summed E-state index contributed by atoms with van der Waals surface area (Å²) < 4.78 is 0. The molecule has 0 aromatic carbocycles. The van der Waals surface area contributed by atoms with E-state index in [1.165, 1.54) is 4.91 Å². The number of oxime groups is 1. The molecule has 5 heteroatoms. The van der Waals surface area contributed by atoms with Crippen LogP contribution in [0, 0.1) is 5.92 Å². The van der Waals surface area contributed by atoms with Crippen LogP contribution in [0.1, 0.15) is 59.8 Å². The molecule has 0 aromatic rings. The van der Waals surface area contributed by atoms with E-state index in [0.717, 1.165) is 35.3 Å². The first kappa shape index (κ1) is 29.1. The minimum absolute atomic E-state index is 0.144. The van der Waals surface area contributed by atoms with Gasteiger partial charge in [0.05, 0.1) is 0 Å². The molecule has 0 bridgehead atoms. The predicted octanol–water partition coefficient (Wildman–Crippen LogP) is 7.95. The number of hydrogen-bond acceptors (Lipinski definition) is 5. The second kappa shape index (κ2) is 17.5. The topological polar surface area (TPSA) is 55.7 Å². The number of carbonyl (C=O) groups excluding carboxylic acids is 2. The van der Waals surface area contributed by atoms with Gasteiger partial charge in [-0.2, -0.15) is 0 Å². The van der Waals surface area contributed by atoms with E-state index < -0.39 is 0 Å². The number of Topliss-reactive ketones (excluding diaryl/α,β-unsaturated/α-hetero) is 1. The van der Waals surface area contributed by atoms with E-state index in [0.29, 0.717) is 12.3 Å². The number of carbonyl (C=O) groups is 2. The summed E-state index contributed by atoms with van der Waals surface area (Å²) >= 11 is 1.70. The molecular formula is C29H37NO3S. The maximum absolute atomic E-state index is 12.9. The fourth-order valence-corrected chi connectivity index (χ4v) is 4.22. The second-order valence-corrected chi connectivity index (χ2v) is 9.03. The van der Waals surface area contributed by atoms with Crippen molar-refractivity contribution in [3.05, 3.63) is 94.4 Å². The molecule has 0 spiro atoms. The molecule has 1 aliphatic carbocycles. The maximum Gasteiger partial charge on any atom is 0.323 e. The van der Waals surface area contributed by atoms with Crippen LogP contribution in [0.5, 0.6) is 0 Å². The fourth-order valence-electron chi connectivity index (χ4n) is 3.31. The van der Waals surface area contributed by atoms with Gasteiger partial charge in [0.15, 0.2) is 5.78 Å². The minimum Gasteiger partial charge on any atom is -0.321 e. The Bertz CT molecular complexity index is 942. The molecule has 0 saturated carbocycles. The molecule has 0 heterocycles. The van der Waals surface area contributed by atoms with Crippen molar-refractivity contribution in [2.45, 2.75) is 59.8 Å². The van der Waals surface area contributed by atoms with Gasteiger partial charge in [0.1, 0.15) is 5.71 Å². The Labute approximate surface area is 209 Å². The van der Waals surface area contributed by atoms with Crippen molar-refractivity contribution in [2.24, 2.45) is 11.1 Å². The third-order valence-electron chi connectivity index (χ3n) is 5.14. The van der Waals surface area contributed by atoms with Crippen LogP contribution in [-0.4, -0.2) is 18.0 Å². The fraction of sp³-hybridized carbons (Fsp3) is 0.345. The Hall–Kier alpha value is -2.92. The average Bonchev–Trinajstić information content (AvgIpc) is 2.81. The lowest BCUT2D eigenvalue weighted by Crippen LogP contribution is -2.17. The van der Waals surface area contributed by atoms with Crippen LogP contribution in [0.15, 0.2) is 99.5 Å². The molecule has 0 amide bonds. The van der Waals surface area contributed by atoms with Crippen LogP contribution in [0.25, 0.3) is 0 Å². The number of nitrogens with zero attached hydrogens (tertiary/aromatic N) is 1. The van der Waals surface area contributed by atoms with E-state index in [1.807, 2.05) is 63.3 Å². The van der Waals surface area contributed by atoms with Crippen LogP contribution in [0.2, 0.25) is 0 Å². The van der Waals surface area contributed by atoms with Gasteiger partial charge in [0.25, 0.3) is 0 Å². The SMILES string of the molecule is C=C/C(=C\C=C\CC(=O)C(=N\OC=O)/C(CC)=C(C)/C=C\C=C/C)S/C1=C/CCC(C)/C=C\C1. The summed E-state index contributed by atoms with van der Waals surface area (Å²) in [4.78, 5) is 30.5. The second-order valence-electron chi connectivity index (χ2n) is 7.83. The molecule has 0 saturated heterocycles. The zero-order chi connectivity index (χ0) is 25.2. The Morgan fingerprint density at radius 3 is 2.79 bits per heavy atom. The van der Waals surface area contributed by atoms with Crippen molar-refractivity contribution in [1.29, 1.82) is 0 Å². The summed E-state index contributed by atoms with van der Waals surface area (Å²) in [5.74, 6) is 0.413. The van der Waals surface area contributed by atoms with E-state index in [4.69, 9.17) is 0 Å². The molecule has 0 fully saturated rings. The summed E-state index contributed by atoms with van der Waals surface area (Å²) in [5.41, 5.74) is 1.81. The number of rotatable bonds is 13. The van der Waals surface area contributed by atoms with Crippen LogP contribution in [-0.2, 0) is 14.4 Å². The van der Waals surface area contributed by atoms with Gasteiger partial charge in [-0.3, -0.25) is 9.59 Å². The van der Waals surface area contributed by atoms with Gasteiger partial charge >= 0.3 is 6.47 Å². The number of thioether (sulfide) groups is 1. The Morgan fingerprint density at radius 1 is 1.32 bits per heavy atom. The Kier molecular flexibility index (Phi) is 15.0. The highest BCUT2D eigenvalue weighted by atomic mass is 32.2. The van der Waals surface area contributed by atoms with Crippen molar-refractivity contribution in [3.63, 3.8) is 0 Å². The molecule has 1 aliphatic rings. The van der Waals surface area contributed by atoms with E-state index in [2.05, 4.69) is 41.7 Å². The smallest absolute Gasteiger partial charge is 0.321 e. The maximum atomic E-state index is 12.9. The number of ketones is 1. The zero-order valence-electron chi connectivity index (χ0n) is 20.8. The molecule has 1 unspecified atom stereocenters. The zero-order valence-corrected chi connectivity index (χ0v) is 21.6. The molecule has 0 aromatic heterocycles. The highest BCUT2D eigenvalue weighted by Crippen LogP contribution is 2.31. The van der Waals surface area contributed by atoms with E-state index in [9.17, 15) is 9.59 Å². The summed E-state index contributed by atoms with van der Waals surface area (Å²) in [5, 5.41) is 3.80. The van der Waals surface area contributed by atoms with Crippen molar-refractivity contribution in [2.75, 3.05) is 0 Å². The first-order valence-electron chi connectivity index (χ1n) is 11.7. The molecule has 182 valence electrons. The van der Waals surface area contributed by atoms with Crippen LogP contribution in [0.4, 0.5) is 0 Å². The minimum atomic E-state index is -0.211. The van der Waals surface area contributed by atoms with Crippen LogP contribution >= 0.6 is 11.8 Å². The van der Waals surface area contributed by atoms with E-state index >= 15 is 0 Å². The first-order valence-corrected chi connectivity index (χ1v) is 12.5. The lowest BCUT2D eigenvalue weighted by molar-refractivity contribution is -0.128. The normalized spacial score (nSPS) is 21.1. The lowest BCUT2D eigenvalue weighted by Gasteiger charge is -2.11. The summed E-state index contributed by atoms with van der Waals surface area (Å²) in [6, 6.07) is 0. The van der Waals surface area contributed by atoms with Crippen LogP contribution in [0.3, 0.4) is 0 Å². The molecular weight excluding hydrogens is 442 g/mol. The monoisotopic (exact) mass is 479 g/mol. The number of hydrogen-bond donors (Lipinski definition) is 0. The third kappa shape index (κ3) is 11.3. The van der Waals surface area contributed by atoms with Crippen molar-refractivity contribution in [1.82, 2.24) is 0 Å². The van der Waals surface area contributed by atoms with Gasteiger partial charge in [0.2, 0.25) is 0 Å². The van der Waals surface area contributed by atoms with Crippen molar-refractivity contribution < 1.29 is 14.4 Å². The summed E-state index contributed by atoms with van der Waals surface area (Å²) in [6.45, 7) is 12.2. The van der Waals surface area contributed by atoms with Crippen molar-refractivity contribution in [3.8, 4) is 0 Å². The molecule has 1 atom stereocenters. The summed E-state index contributed by atoms with van der Waals surface area (Å²) in [7, 11) is 0. The van der Waals surface area contributed by atoms with Gasteiger partial charge in [-0.05, 0) is 67.6 Å². The highest BCUT2D eigenvalue weighted by molar-refractivity contribution is 8.06. The number of allylic oxidation sites excluding steroid dienone is 14. The molecule has 34 heavy (non-hydrogen) atoms. The predicted molar refractivity (Wildman–Crippen MR) is 146 cm³/mol. The lowest BCUT2D eigenvalue weighted by atomic mass is 9.97. The highest BCUT2D eigenvalue weighted by Gasteiger charge is 2.17. The first-order chi connectivity index (χ1) is 16.5. The molecule has 0 radical (unpaired) electrons. The van der Waals surface area contributed by atoms with Gasteiger partial charge in [-0.1, -0.05) is 98.1 Å². The Morgan fingerprint density at radius 2 is 2.12 bits per heavy atom. The average molecular weight is 480 g/mol. The molecule has 1 rings (SSSR count). The van der Waals surface area contributed by atoms with Crippen LogP contribution < -0.4 is 0 Å². The van der Waals surface area contributed by atoms with Gasteiger partial charge < -0.3 is 4.84 Å². The quantitative estimate of drug-likeness (QED) is 0.0671. The standard InChI is InChI=1S/C29H37NO3S/c1-6-9-10-17-24(5)27(8-3)29(30-33-22-31)28(32)21-12-11-18-25(7-2)34-26-19-13-15-23(4)16-14-20-26/h6-7,9-13,15,17-18,20,22-23H,2,8,14,16,19,21H2,1,3-5H3/b9-6-,12-11+,15-13-,17-10-,25-18+,26-20+,27-24+,30-29-. The largest absolute Gasteiger partial charge is 0.323 e. The van der Waals surface area contributed by atoms with Gasteiger partial charge in [0, 0.05) is 11.3 Å². The van der Waals surface area contributed by atoms with Gasteiger partial charge in [-0.15, -0.1) is 0 Å². The Balaban J connectivity index is 2.93. The van der Waals surface area contributed by atoms with E-state index in [1.54, 1.807) is 17.8 Å².